The first-order valence-electron chi connectivity index (χ1n) is 6.77. The largest absolute Gasteiger partial charge is 0.508 e. The normalized spacial score (nSPS) is 16.2. The summed E-state index contributed by atoms with van der Waals surface area (Å²) in [6.45, 7) is 1.08. The molecule has 7 heteroatoms. The van der Waals surface area contributed by atoms with Gasteiger partial charge in [-0.1, -0.05) is 0 Å². The molecule has 1 aliphatic carbocycles. The molecule has 0 bridgehead atoms. The van der Waals surface area contributed by atoms with E-state index < -0.39 is 29.8 Å². The van der Waals surface area contributed by atoms with Crippen LogP contribution < -0.4 is 5.32 Å². The Morgan fingerprint density at radius 1 is 1.45 bits per heavy atom. The van der Waals surface area contributed by atoms with Crippen LogP contribution in [0.3, 0.4) is 0 Å². The van der Waals surface area contributed by atoms with Crippen molar-refractivity contribution in [3.63, 3.8) is 0 Å². The molecule has 0 spiro atoms. The van der Waals surface area contributed by atoms with Crippen molar-refractivity contribution in [2.75, 3.05) is 6.61 Å². The van der Waals surface area contributed by atoms with Gasteiger partial charge >= 0.3 is 5.97 Å². The van der Waals surface area contributed by atoms with E-state index in [0.717, 1.165) is 18.9 Å². The van der Waals surface area contributed by atoms with Crippen molar-refractivity contribution in [2.45, 2.75) is 25.3 Å². The van der Waals surface area contributed by atoms with Gasteiger partial charge in [-0.3, -0.25) is 4.79 Å². The Morgan fingerprint density at radius 3 is 2.68 bits per heavy atom. The summed E-state index contributed by atoms with van der Waals surface area (Å²) in [5.41, 5.74) is -1.11. The standard InChI is InChI=1S/C15H16N2O5/c1-15(8-16,9-2-3-9)17-13(20)7-22-14(21)11-5-4-10(18)6-12(11)19/h4-6,9,18-19H,2-3,7H2,1H3,(H,17,20)/t15-/m0/s1. The zero-order valence-corrected chi connectivity index (χ0v) is 12.0. The molecule has 22 heavy (non-hydrogen) atoms. The van der Waals surface area contributed by atoms with Crippen LogP contribution in [0.25, 0.3) is 0 Å². The summed E-state index contributed by atoms with van der Waals surface area (Å²) in [6, 6.07) is 5.47. The first-order valence-corrected chi connectivity index (χ1v) is 6.77. The molecule has 1 aromatic carbocycles. The molecule has 7 nitrogen and oxygen atoms in total. The highest BCUT2D eigenvalue weighted by Gasteiger charge is 2.43. The molecule has 0 unspecified atom stereocenters. The molecule has 1 aliphatic rings. The summed E-state index contributed by atoms with van der Waals surface area (Å²) < 4.78 is 4.80. The van der Waals surface area contributed by atoms with Gasteiger partial charge in [0.1, 0.15) is 22.6 Å². The van der Waals surface area contributed by atoms with E-state index in [2.05, 4.69) is 11.4 Å². The average molecular weight is 304 g/mol. The molecular formula is C15H16N2O5. The number of carbonyl (C=O) groups excluding carboxylic acids is 2. The number of hydrogen-bond acceptors (Lipinski definition) is 6. The predicted molar refractivity (Wildman–Crippen MR) is 74.9 cm³/mol. The average Bonchev–Trinajstić information content (AvgIpc) is 3.29. The third-order valence-corrected chi connectivity index (χ3v) is 3.56. The van der Waals surface area contributed by atoms with Crippen molar-refractivity contribution in [3.05, 3.63) is 23.8 Å². The van der Waals surface area contributed by atoms with E-state index in [1.165, 1.54) is 12.1 Å². The Balaban J connectivity index is 1.91. The molecule has 116 valence electrons. The Morgan fingerprint density at radius 2 is 2.14 bits per heavy atom. The molecule has 0 aromatic heterocycles. The molecule has 0 aliphatic heterocycles. The Kier molecular flexibility index (Phi) is 4.22. The third-order valence-electron chi connectivity index (χ3n) is 3.56. The van der Waals surface area contributed by atoms with Crippen LogP contribution in [0.1, 0.15) is 30.1 Å². The lowest BCUT2D eigenvalue weighted by atomic mass is 9.98. The minimum absolute atomic E-state index is 0.123. The summed E-state index contributed by atoms with van der Waals surface area (Å²) >= 11 is 0. The molecule has 1 fully saturated rings. The molecule has 1 amide bonds. The summed E-state index contributed by atoms with van der Waals surface area (Å²) in [7, 11) is 0. The second-order valence-corrected chi connectivity index (χ2v) is 5.41. The number of amides is 1. The van der Waals surface area contributed by atoms with Gasteiger partial charge in [0.25, 0.3) is 5.91 Å². The minimum atomic E-state index is -0.954. The Labute approximate surface area is 127 Å². The fourth-order valence-corrected chi connectivity index (χ4v) is 2.11. The highest BCUT2D eigenvalue weighted by molar-refractivity contribution is 5.94. The molecule has 0 heterocycles. The fourth-order valence-electron chi connectivity index (χ4n) is 2.11. The van der Waals surface area contributed by atoms with E-state index in [1.54, 1.807) is 6.92 Å². The summed E-state index contributed by atoms with van der Waals surface area (Å²) in [5, 5.41) is 30.4. The summed E-state index contributed by atoms with van der Waals surface area (Å²) in [4.78, 5) is 23.5. The minimum Gasteiger partial charge on any atom is -0.508 e. The van der Waals surface area contributed by atoms with Crippen molar-refractivity contribution in [1.82, 2.24) is 5.32 Å². The maximum absolute atomic E-state index is 11.8. The van der Waals surface area contributed by atoms with Crippen LogP contribution in [-0.4, -0.2) is 34.2 Å². The summed E-state index contributed by atoms with van der Waals surface area (Å²) in [6.07, 6.45) is 1.76. The van der Waals surface area contributed by atoms with Crippen LogP contribution in [0.4, 0.5) is 0 Å². The molecule has 1 aromatic rings. The van der Waals surface area contributed by atoms with Crippen molar-refractivity contribution in [1.29, 1.82) is 5.26 Å². The van der Waals surface area contributed by atoms with E-state index >= 15 is 0 Å². The van der Waals surface area contributed by atoms with Gasteiger partial charge in [0, 0.05) is 6.07 Å². The highest BCUT2D eigenvalue weighted by Crippen LogP contribution is 2.39. The van der Waals surface area contributed by atoms with Crippen molar-refractivity contribution >= 4 is 11.9 Å². The van der Waals surface area contributed by atoms with Crippen molar-refractivity contribution in [3.8, 4) is 17.6 Å². The lowest BCUT2D eigenvalue weighted by Crippen LogP contribution is -2.48. The number of nitrogens with zero attached hydrogens (tertiary/aromatic N) is 1. The van der Waals surface area contributed by atoms with E-state index in [1.807, 2.05) is 0 Å². The number of phenolic OH excluding ortho intramolecular Hbond substituents is 2. The van der Waals surface area contributed by atoms with E-state index in [4.69, 9.17) is 15.1 Å². The van der Waals surface area contributed by atoms with Gasteiger partial charge in [0.15, 0.2) is 6.61 Å². The number of nitriles is 1. The number of benzene rings is 1. The van der Waals surface area contributed by atoms with Crippen LogP contribution in [0.5, 0.6) is 11.5 Å². The van der Waals surface area contributed by atoms with Crippen LogP contribution in [0.2, 0.25) is 0 Å². The summed E-state index contributed by atoms with van der Waals surface area (Å²) in [5.74, 6) is -1.98. The van der Waals surface area contributed by atoms with E-state index in [9.17, 15) is 14.7 Å². The molecular weight excluding hydrogens is 288 g/mol. The number of ether oxygens (including phenoxy) is 1. The van der Waals surface area contributed by atoms with Crippen LogP contribution >= 0.6 is 0 Å². The van der Waals surface area contributed by atoms with Gasteiger partial charge in [0.2, 0.25) is 0 Å². The molecule has 0 radical (unpaired) electrons. The van der Waals surface area contributed by atoms with Gasteiger partial charge in [0.05, 0.1) is 6.07 Å². The number of carbonyl (C=O) groups is 2. The number of nitrogens with one attached hydrogen (secondary N) is 1. The topological polar surface area (TPSA) is 120 Å². The maximum atomic E-state index is 11.8. The molecule has 0 saturated heterocycles. The number of hydrogen-bond donors (Lipinski definition) is 3. The second-order valence-electron chi connectivity index (χ2n) is 5.41. The lowest BCUT2D eigenvalue weighted by Gasteiger charge is -2.22. The van der Waals surface area contributed by atoms with Crippen LogP contribution in [0.15, 0.2) is 18.2 Å². The number of rotatable bonds is 5. The maximum Gasteiger partial charge on any atom is 0.342 e. The smallest absolute Gasteiger partial charge is 0.342 e. The van der Waals surface area contributed by atoms with E-state index in [0.29, 0.717) is 0 Å². The van der Waals surface area contributed by atoms with Crippen molar-refractivity contribution < 1.29 is 24.5 Å². The number of aromatic hydroxyl groups is 2. The first-order chi connectivity index (χ1) is 10.4. The Hall–Kier alpha value is -2.75. The lowest BCUT2D eigenvalue weighted by molar-refractivity contribution is -0.125. The van der Waals surface area contributed by atoms with Gasteiger partial charge in [-0.2, -0.15) is 5.26 Å². The van der Waals surface area contributed by atoms with Gasteiger partial charge in [-0.25, -0.2) is 4.79 Å². The number of phenols is 2. The van der Waals surface area contributed by atoms with Gasteiger partial charge < -0.3 is 20.3 Å². The highest BCUT2D eigenvalue weighted by atomic mass is 16.5. The SMILES string of the molecule is C[C@@](C#N)(NC(=O)COC(=O)c1ccc(O)cc1O)C1CC1. The van der Waals surface area contributed by atoms with Crippen LogP contribution in [-0.2, 0) is 9.53 Å². The predicted octanol–water partition coefficient (Wildman–Crippen LogP) is 1.06. The van der Waals surface area contributed by atoms with Gasteiger partial charge in [-0.15, -0.1) is 0 Å². The molecule has 2 rings (SSSR count). The zero-order chi connectivity index (χ0) is 16.3. The molecule has 1 atom stereocenters. The second kappa shape index (κ2) is 5.93. The molecule has 1 saturated carbocycles. The number of esters is 1. The quantitative estimate of drug-likeness (QED) is 0.700. The van der Waals surface area contributed by atoms with Gasteiger partial charge in [-0.05, 0) is 37.8 Å². The molecule has 3 N–H and O–H groups in total. The third kappa shape index (κ3) is 3.47. The fraction of sp³-hybridized carbons (Fsp3) is 0.400. The zero-order valence-electron chi connectivity index (χ0n) is 12.0. The van der Waals surface area contributed by atoms with Crippen LogP contribution in [0, 0.1) is 17.2 Å². The Bertz CT molecular complexity index is 648. The van der Waals surface area contributed by atoms with Crippen molar-refractivity contribution in [2.24, 2.45) is 5.92 Å². The van der Waals surface area contributed by atoms with E-state index in [-0.39, 0.29) is 17.2 Å². The monoisotopic (exact) mass is 304 g/mol. The first kappa shape index (κ1) is 15.6.